The number of hydrogen-bond donors (Lipinski definition) is 0. The first kappa shape index (κ1) is 23.4. The van der Waals surface area contributed by atoms with E-state index < -0.39 is 17.4 Å². The van der Waals surface area contributed by atoms with Crippen molar-refractivity contribution in [2.24, 2.45) is 0 Å². The summed E-state index contributed by atoms with van der Waals surface area (Å²) in [5.74, 6) is -0.274. The number of pyridine rings is 1. The third kappa shape index (κ3) is 4.14. The zero-order valence-corrected chi connectivity index (χ0v) is 20.6. The summed E-state index contributed by atoms with van der Waals surface area (Å²) in [5.41, 5.74) is -1.53. The van der Waals surface area contributed by atoms with Gasteiger partial charge in [-0.3, -0.25) is 19.3 Å². The smallest absolute Gasteiger partial charge is 0.410 e. The summed E-state index contributed by atoms with van der Waals surface area (Å²) in [7, 11) is 3.54. The number of aromatic nitrogens is 1. The van der Waals surface area contributed by atoms with E-state index in [9.17, 15) is 14.4 Å². The van der Waals surface area contributed by atoms with Gasteiger partial charge < -0.3 is 19.3 Å². The van der Waals surface area contributed by atoms with Crippen LogP contribution in [0.5, 0.6) is 5.75 Å². The summed E-state index contributed by atoms with van der Waals surface area (Å²) in [4.78, 5) is 42.0. The minimum absolute atomic E-state index is 0.0448. The molecule has 1 fully saturated rings. The van der Waals surface area contributed by atoms with Gasteiger partial charge in [-0.05, 0) is 43.1 Å². The molecule has 1 unspecified atom stereocenters. The lowest BCUT2D eigenvalue weighted by Crippen LogP contribution is -2.69. The first-order chi connectivity index (χ1) is 14.4. The molecule has 2 aliphatic rings. The Morgan fingerprint density at radius 2 is 1.94 bits per heavy atom. The lowest BCUT2D eigenvalue weighted by Gasteiger charge is -2.51. The molecule has 1 atom stereocenters. The Bertz CT molecular complexity index is 941. The van der Waals surface area contributed by atoms with Crippen molar-refractivity contribution in [3.05, 3.63) is 26.6 Å². The van der Waals surface area contributed by atoms with Gasteiger partial charge >= 0.3 is 6.09 Å². The van der Waals surface area contributed by atoms with Crippen molar-refractivity contribution in [2.45, 2.75) is 58.2 Å². The molecule has 0 saturated carbocycles. The second kappa shape index (κ2) is 8.37. The average molecular weight is 499 g/mol. The molecule has 1 saturated heterocycles. The van der Waals surface area contributed by atoms with Crippen molar-refractivity contribution >= 4 is 27.9 Å². The topological polar surface area (TPSA) is 84.3 Å². The summed E-state index contributed by atoms with van der Waals surface area (Å²) >= 11 is 3.31. The SMILES string of the molecule is CCCCOc1c2n(cc(Br)c1=O)N(C)C1(CCN(C(=O)OC(C)(C)C)C1)N(C)C2=O. The van der Waals surface area contributed by atoms with Gasteiger partial charge in [0.1, 0.15) is 11.3 Å². The van der Waals surface area contributed by atoms with Crippen LogP contribution in [0.3, 0.4) is 0 Å². The summed E-state index contributed by atoms with van der Waals surface area (Å²) < 4.78 is 13.3. The first-order valence-electron chi connectivity index (χ1n) is 10.5. The van der Waals surface area contributed by atoms with E-state index in [1.165, 1.54) is 0 Å². The largest absolute Gasteiger partial charge is 0.487 e. The van der Waals surface area contributed by atoms with Crippen LogP contribution in [0.2, 0.25) is 0 Å². The zero-order valence-electron chi connectivity index (χ0n) is 19.0. The third-order valence-corrected chi connectivity index (χ3v) is 6.35. The number of nitrogens with zero attached hydrogens (tertiary/aromatic N) is 4. The minimum Gasteiger partial charge on any atom is -0.487 e. The second-order valence-corrected chi connectivity index (χ2v) is 9.91. The number of fused-ring (bicyclic) bond motifs is 1. The van der Waals surface area contributed by atoms with Crippen molar-refractivity contribution < 1.29 is 19.1 Å². The van der Waals surface area contributed by atoms with E-state index in [0.29, 0.717) is 24.0 Å². The van der Waals surface area contributed by atoms with Gasteiger partial charge in [0, 0.05) is 33.3 Å². The molecular formula is C21H31BrN4O5. The molecule has 10 heteroatoms. The van der Waals surface area contributed by atoms with Gasteiger partial charge in [0.15, 0.2) is 11.4 Å². The van der Waals surface area contributed by atoms with E-state index in [1.54, 1.807) is 27.7 Å². The third-order valence-electron chi connectivity index (χ3n) is 5.78. The Kier molecular flexibility index (Phi) is 6.32. The molecule has 3 rings (SSSR count). The lowest BCUT2D eigenvalue weighted by molar-refractivity contribution is 0.0200. The van der Waals surface area contributed by atoms with Crippen molar-refractivity contribution in [2.75, 3.05) is 38.8 Å². The normalized spacial score (nSPS) is 21.0. The predicted molar refractivity (Wildman–Crippen MR) is 120 cm³/mol. The highest BCUT2D eigenvalue weighted by Crippen LogP contribution is 2.37. The Labute approximate surface area is 191 Å². The molecule has 1 aromatic rings. The maximum atomic E-state index is 13.5. The number of hydrogen-bond acceptors (Lipinski definition) is 6. The molecular weight excluding hydrogens is 468 g/mol. The van der Waals surface area contributed by atoms with Gasteiger partial charge in [-0.25, -0.2) is 4.79 Å². The highest BCUT2D eigenvalue weighted by atomic mass is 79.9. The molecule has 0 N–H and O–H groups in total. The van der Waals surface area contributed by atoms with Crippen LogP contribution < -0.4 is 15.2 Å². The van der Waals surface area contributed by atoms with E-state index in [-0.39, 0.29) is 29.3 Å². The standard InChI is InChI=1S/C21H31BrN4O5/c1-7-8-11-30-17-15-18(28)23(5)21(24(6)26(15)12-14(22)16(17)27)9-10-25(13-21)19(29)31-20(2,3)4/h12H,7-11,13H2,1-6H3. The fourth-order valence-corrected chi connectivity index (χ4v) is 4.37. The van der Waals surface area contributed by atoms with Crippen molar-refractivity contribution in [3.8, 4) is 5.75 Å². The second-order valence-electron chi connectivity index (χ2n) is 9.05. The highest BCUT2D eigenvalue weighted by Gasteiger charge is 2.53. The monoisotopic (exact) mass is 498 g/mol. The van der Waals surface area contributed by atoms with Gasteiger partial charge in [-0.15, -0.1) is 0 Å². The number of rotatable bonds is 4. The Hall–Kier alpha value is -2.23. The fourth-order valence-electron chi connectivity index (χ4n) is 4.00. The molecule has 0 radical (unpaired) electrons. The number of unbranched alkanes of at least 4 members (excludes halogenated alkanes) is 1. The molecule has 0 bridgehead atoms. The molecule has 172 valence electrons. The minimum atomic E-state index is -0.768. The van der Waals surface area contributed by atoms with Crippen LogP contribution in [-0.2, 0) is 4.74 Å². The van der Waals surface area contributed by atoms with Gasteiger partial charge in [-0.1, -0.05) is 13.3 Å². The van der Waals surface area contributed by atoms with Gasteiger partial charge in [0.2, 0.25) is 5.43 Å². The number of likely N-dealkylation sites (N-methyl/N-ethyl adjacent to an activating group) is 2. The zero-order chi connectivity index (χ0) is 23.1. The Morgan fingerprint density at radius 3 is 2.55 bits per heavy atom. The number of carbonyl (C=O) groups excluding carboxylic acids is 2. The van der Waals surface area contributed by atoms with Crippen LogP contribution in [0.25, 0.3) is 0 Å². The fraction of sp³-hybridized carbons (Fsp3) is 0.667. The quantitative estimate of drug-likeness (QED) is 0.593. The van der Waals surface area contributed by atoms with Gasteiger partial charge in [0.05, 0.1) is 17.6 Å². The molecule has 9 nitrogen and oxygen atoms in total. The van der Waals surface area contributed by atoms with E-state index in [0.717, 1.165) is 12.8 Å². The van der Waals surface area contributed by atoms with Crippen LogP contribution in [0, 0.1) is 0 Å². The highest BCUT2D eigenvalue weighted by molar-refractivity contribution is 9.10. The number of carbonyl (C=O) groups is 2. The molecule has 1 spiro atoms. The molecule has 3 heterocycles. The summed E-state index contributed by atoms with van der Waals surface area (Å²) in [6.07, 6.45) is 3.41. The van der Waals surface area contributed by atoms with E-state index in [1.807, 2.05) is 39.8 Å². The first-order valence-corrected chi connectivity index (χ1v) is 11.3. The summed E-state index contributed by atoms with van der Waals surface area (Å²) in [6.45, 7) is 8.59. The van der Waals surface area contributed by atoms with Crippen molar-refractivity contribution in [1.82, 2.24) is 14.5 Å². The molecule has 31 heavy (non-hydrogen) atoms. The van der Waals surface area contributed by atoms with Crippen LogP contribution in [0.4, 0.5) is 4.79 Å². The predicted octanol–water partition coefficient (Wildman–Crippen LogP) is 2.78. The Morgan fingerprint density at radius 1 is 1.26 bits per heavy atom. The number of likely N-dealkylation sites (tertiary alicyclic amines) is 1. The average Bonchev–Trinajstić information content (AvgIpc) is 3.13. The van der Waals surface area contributed by atoms with Crippen LogP contribution >= 0.6 is 15.9 Å². The van der Waals surface area contributed by atoms with E-state index in [2.05, 4.69) is 15.9 Å². The Balaban J connectivity index is 1.99. The molecule has 2 aliphatic heterocycles. The maximum absolute atomic E-state index is 13.5. The molecule has 0 aliphatic carbocycles. The number of ether oxygens (including phenoxy) is 2. The summed E-state index contributed by atoms with van der Waals surface area (Å²) in [5, 5.41) is 1.89. The maximum Gasteiger partial charge on any atom is 0.410 e. The van der Waals surface area contributed by atoms with Gasteiger partial charge in [0.25, 0.3) is 5.91 Å². The van der Waals surface area contributed by atoms with Gasteiger partial charge in [-0.2, -0.15) is 0 Å². The number of amides is 2. The van der Waals surface area contributed by atoms with Crippen LogP contribution in [-0.4, -0.2) is 71.5 Å². The molecule has 0 aromatic carbocycles. The molecule has 2 amide bonds. The molecule has 1 aromatic heterocycles. The lowest BCUT2D eigenvalue weighted by atomic mass is 10.0. The van der Waals surface area contributed by atoms with Crippen molar-refractivity contribution in [1.29, 1.82) is 0 Å². The summed E-state index contributed by atoms with van der Waals surface area (Å²) in [6, 6.07) is 0. The van der Waals surface area contributed by atoms with E-state index in [4.69, 9.17) is 9.47 Å². The van der Waals surface area contributed by atoms with E-state index >= 15 is 0 Å². The van der Waals surface area contributed by atoms with Crippen LogP contribution in [0.15, 0.2) is 15.5 Å². The van der Waals surface area contributed by atoms with Crippen molar-refractivity contribution in [3.63, 3.8) is 0 Å². The number of halogens is 1. The van der Waals surface area contributed by atoms with Crippen LogP contribution in [0.1, 0.15) is 57.4 Å².